The lowest BCUT2D eigenvalue weighted by Gasteiger charge is -2.07. The summed E-state index contributed by atoms with van der Waals surface area (Å²) in [5.74, 6) is -0.527. The van der Waals surface area contributed by atoms with Crippen molar-refractivity contribution >= 4 is 28.3 Å². The van der Waals surface area contributed by atoms with Crippen molar-refractivity contribution in [3.05, 3.63) is 35.1 Å². The smallest absolute Gasteiger partial charge is 0.339 e. The molecule has 2 rings (SSSR count). The zero-order valence-corrected chi connectivity index (χ0v) is 9.15. The predicted octanol–water partition coefficient (Wildman–Crippen LogP) is 2.59. The first-order valence-corrected chi connectivity index (χ1v) is 4.87. The van der Waals surface area contributed by atoms with Crippen LogP contribution in [0.25, 0.3) is 10.8 Å². The highest BCUT2D eigenvalue weighted by Gasteiger charge is 2.16. The summed E-state index contributed by atoms with van der Waals surface area (Å²) >= 11 is 5.76. The lowest BCUT2D eigenvalue weighted by Crippen LogP contribution is -2.01. The van der Waals surface area contributed by atoms with Gasteiger partial charge in [0.1, 0.15) is 16.5 Å². The van der Waals surface area contributed by atoms with Gasteiger partial charge in [-0.05, 0) is 6.07 Å². The van der Waals surface area contributed by atoms with Gasteiger partial charge in [-0.1, -0.05) is 23.7 Å². The van der Waals surface area contributed by atoms with Gasteiger partial charge in [0.05, 0.1) is 7.11 Å². The van der Waals surface area contributed by atoms with Gasteiger partial charge >= 0.3 is 5.97 Å². The van der Waals surface area contributed by atoms with Crippen molar-refractivity contribution in [3.63, 3.8) is 0 Å². The highest BCUT2D eigenvalue weighted by Crippen LogP contribution is 2.30. The number of nitrogens with zero attached hydrogens (tertiary/aromatic N) is 1. The number of pyridine rings is 1. The summed E-state index contributed by atoms with van der Waals surface area (Å²) in [4.78, 5) is 14.9. The van der Waals surface area contributed by atoms with E-state index in [0.29, 0.717) is 16.5 Å². The molecule has 5 heteroatoms. The van der Waals surface area contributed by atoms with Crippen LogP contribution in [0.1, 0.15) is 10.4 Å². The van der Waals surface area contributed by atoms with Gasteiger partial charge in [-0.25, -0.2) is 9.78 Å². The van der Waals surface area contributed by atoms with Gasteiger partial charge < -0.3 is 9.84 Å². The van der Waals surface area contributed by atoms with Gasteiger partial charge in [-0.3, -0.25) is 0 Å². The molecule has 0 aliphatic rings. The molecule has 0 aliphatic heterocycles. The largest absolute Gasteiger partial charge is 0.496 e. The number of aromatic nitrogens is 1. The molecule has 0 amide bonds. The number of hydrogen-bond acceptors (Lipinski definition) is 3. The molecule has 1 N–H and O–H groups in total. The summed E-state index contributed by atoms with van der Waals surface area (Å²) in [5, 5.41) is 10.2. The minimum absolute atomic E-state index is 0.00179. The van der Waals surface area contributed by atoms with E-state index in [9.17, 15) is 4.79 Å². The molecule has 0 spiro atoms. The number of carbonyl (C=O) groups is 1. The quantitative estimate of drug-likeness (QED) is 0.816. The van der Waals surface area contributed by atoms with E-state index >= 15 is 0 Å². The number of carboxylic acids is 1. The Morgan fingerprint density at radius 1 is 1.44 bits per heavy atom. The van der Waals surface area contributed by atoms with Crippen molar-refractivity contribution in [1.82, 2.24) is 4.98 Å². The van der Waals surface area contributed by atoms with Crippen molar-refractivity contribution in [2.45, 2.75) is 0 Å². The van der Waals surface area contributed by atoms with Crippen LogP contribution in [-0.2, 0) is 0 Å². The van der Waals surface area contributed by atoms with Crippen LogP contribution in [0.3, 0.4) is 0 Å². The van der Waals surface area contributed by atoms with E-state index in [1.165, 1.54) is 13.3 Å². The molecule has 2 aromatic rings. The van der Waals surface area contributed by atoms with Gasteiger partial charge in [-0.15, -0.1) is 0 Å². The summed E-state index contributed by atoms with van der Waals surface area (Å²) in [6, 6.07) is 5.13. The number of benzene rings is 1. The van der Waals surface area contributed by atoms with Crippen LogP contribution < -0.4 is 4.74 Å². The van der Waals surface area contributed by atoms with Crippen molar-refractivity contribution in [1.29, 1.82) is 0 Å². The molecule has 16 heavy (non-hydrogen) atoms. The highest BCUT2D eigenvalue weighted by molar-refractivity contribution is 6.34. The summed E-state index contributed by atoms with van der Waals surface area (Å²) < 4.78 is 5.13. The monoisotopic (exact) mass is 237 g/mol. The zero-order valence-electron chi connectivity index (χ0n) is 8.40. The molecular formula is C11H8ClNO3. The van der Waals surface area contributed by atoms with E-state index in [-0.39, 0.29) is 10.7 Å². The fourth-order valence-electron chi connectivity index (χ4n) is 1.57. The van der Waals surface area contributed by atoms with Crippen LogP contribution in [0.2, 0.25) is 5.15 Å². The number of fused-ring (bicyclic) bond motifs is 1. The Morgan fingerprint density at radius 3 is 2.81 bits per heavy atom. The summed E-state index contributed by atoms with van der Waals surface area (Å²) in [6.07, 6.45) is 1.50. The Hall–Kier alpha value is -1.81. The van der Waals surface area contributed by atoms with Crippen molar-refractivity contribution in [3.8, 4) is 5.75 Å². The third-order valence-electron chi connectivity index (χ3n) is 2.28. The Kier molecular flexibility index (Phi) is 2.66. The molecule has 0 aliphatic carbocycles. The van der Waals surface area contributed by atoms with Gasteiger partial charge in [0.2, 0.25) is 0 Å². The maximum Gasteiger partial charge on any atom is 0.339 e. The summed E-state index contributed by atoms with van der Waals surface area (Å²) in [6.45, 7) is 0. The Bertz CT molecular complexity index is 568. The van der Waals surface area contributed by atoms with Crippen LogP contribution >= 0.6 is 11.6 Å². The van der Waals surface area contributed by atoms with Gasteiger partial charge in [0.15, 0.2) is 0 Å². The molecule has 0 radical (unpaired) electrons. The average molecular weight is 238 g/mol. The second kappa shape index (κ2) is 3.98. The van der Waals surface area contributed by atoms with E-state index in [0.717, 1.165) is 0 Å². The van der Waals surface area contributed by atoms with Gasteiger partial charge in [0, 0.05) is 17.0 Å². The zero-order chi connectivity index (χ0) is 11.7. The highest BCUT2D eigenvalue weighted by atomic mass is 35.5. The maximum atomic E-state index is 11.1. The van der Waals surface area contributed by atoms with E-state index < -0.39 is 5.97 Å². The third-order valence-corrected chi connectivity index (χ3v) is 2.57. The fourth-order valence-corrected chi connectivity index (χ4v) is 1.80. The summed E-state index contributed by atoms with van der Waals surface area (Å²) in [5.41, 5.74) is -0.00179. The van der Waals surface area contributed by atoms with Crippen LogP contribution in [-0.4, -0.2) is 23.2 Å². The Balaban J connectivity index is 2.89. The second-order valence-electron chi connectivity index (χ2n) is 3.15. The lowest BCUT2D eigenvalue weighted by atomic mass is 10.1. The first kappa shape index (κ1) is 10.7. The minimum Gasteiger partial charge on any atom is -0.496 e. The van der Waals surface area contributed by atoms with E-state index in [1.807, 2.05) is 0 Å². The molecule has 1 aromatic heterocycles. The third kappa shape index (κ3) is 1.57. The Labute approximate surface area is 96.4 Å². The first-order valence-electron chi connectivity index (χ1n) is 4.49. The number of ether oxygens (including phenoxy) is 1. The molecule has 0 saturated heterocycles. The fraction of sp³-hybridized carbons (Fsp3) is 0.0909. The molecule has 1 aromatic carbocycles. The lowest BCUT2D eigenvalue weighted by molar-refractivity contribution is 0.0699. The normalized spacial score (nSPS) is 10.4. The molecule has 0 fully saturated rings. The van der Waals surface area contributed by atoms with Gasteiger partial charge in [-0.2, -0.15) is 0 Å². The number of methoxy groups -OCH3 is 1. The van der Waals surface area contributed by atoms with E-state index in [1.54, 1.807) is 18.2 Å². The summed E-state index contributed by atoms with van der Waals surface area (Å²) in [7, 11) is 1.52. The molecule has 0 unspecified atom stereocenters. The van der Waals surface area contributed by atoms with Crippen LogP contribution in [0.5, 0.6) is 5.75 Å². The standard InChI is InChI=1S/C11H8ClNO3/c1-16-8-4-2-3-6-7(8)5-13-10(12)9(6)11(14)15/h2-5H,1H3,(H,14,15). The number of carboxylic acid groups (broad SMARTS) is 1. The van der Waals surface area contributed by atoms with E-state index in [4.69, 9.17) is 21.4 Å². The van der Waals surface area contributed by atoms with Crippen molar-refractivity contribution in [2.24, 2.45) is 0 Å². The van der Waals surface area contributed by atoms with Crippen LogP contribution in [0, 0.1) is 0 Å². The number of halogens is 1. The Morgan fingerprint density at radius 2 is 2.19 bits per heavy atom. The second-order valence-corrected chi connectivity index (χ2v) is 3.51. The topological polar surface area (TPSA) is 59.4 Å². The minimum atomic E-state index is -1.10. The van der Waals surface area contributed by atoms with Crippen LogP contribution in [0.15, 0.2) is 24.4 Å². The first-order chi connectivity index (χ1) is 7.65. The average Bonchev–Trinajstić information content (AvgIpc) is 2.27. The molecule has 1 heterocycles. The predicted molar refractivity (Wildman–Crippen MR) is 60.3 cm³/mol. The molecular weight excluding hydrogens is 230 g/mol. The molecule has 0 saturated carbocycles. The molecule has 0 bridgehead atoms. The number of rotatable bonds is 2. The maximum absolute atomic E-state index is 11.1. The van der Waals surface area contributed by atoms with Crippen molar-refractivity contribution in [2.75, 3.05) is 7.11 Å². The molecule has 82 valence electrons. The van der Waals surface area contributed by atoms with Crippen molar-refractivity contribution < 1.29 is 14.6 Å². The van der Waals surface area contributed by atoms with Gasteiger partial charge in [0.25, 0.3) is 0 Å². The number of aromatic carboxylic acids is 1. The van der Waals surface area contributed by atoms with Crippen LogP contribution in [0.4, 0.5) is 0 Å². The molecule has 0 atom stereocenters. The number of hydrogen-bond donors (Lipinski definition) is 1. The molecule has 4 nitrogen and oxygen atoms in total. The van der Waals surface area contributed by atoms with E-state index in [2.05, 4.69) is 4.98 Å². The SMILES string of the molecule is COc1cccc2c(C(=O)O)c(Cl)ncc12.